The molecule has 0 unspecified atom stereocenters. The van der Waals surface area contributed by atoms with Gasteiger partial charge in [-0.25, -0.2) is 0 Å². The number of carbonyl (C=O) groups is 1. The molecule has 3 atom stereocenters. The minimum Gasteiger partial charge on any atom is -0.428 e. The van der Waals surface area contributed by atoms with Crippen LogP contribution >= 0.6 is 0 Å². The summed E-state index contributed by atoms with van der Waals surface area (Å²) in [7, 11) is 0. The first-order chi connectivity index (χ1) is 8.42. The minimum absolute atomic E-state index is 0.302. The minimum atomic E-state index is -1.47. The summed E-state index contributed by atoms with van der Waals surface area (Å²) in [6.07, 6.45) is 1.66. The van der Waals surface area contributed by atoms with Gasteiger partial charge in [-0.15, -0.1) is 0 Å². The van der Waals surface area contributed by atoms with Crippen molar-refractivity contribution >= 4 is 11.5 Å². The van der Waals surface area contributed by atoms with Crippen LogP contribution in [0, 0.1) is 12.8 Å². The molecule has 1 heterocycles. The van der Waals surface area contributed by atoms with Crippen molar-refractivity contribution in [1.29, 1.82) is 0 Å². The number of carbonyl (C=O) groups excluding carboxylic acids is 1. The quantitative estimate of drug-likeness (QED) is 0.713. The van der Waals surface area contributed by atoms with Gasteiger partial charge in [0, 0.05) is 0 Å². The van der Waals surface area contributed by atoms with E-state index in [1.165, 1.54) is 0 Å². The van der Waals surface area contributed by atoms with Crippen LogP contribution in [0.5, 0.6) is 0 Å². The summed E-state index contributed by atoms with van der Waals surface area (Å²) < 4.78 is 5.17. The van der Waals surface area contributed by atoms with Gasteiger partial charge in [-0.05, 0) is 36.6 Å². The molecule has 1 saturated heterocycles. The maximum atomic E-state index is 11.7. The predicted molar refractivity (Wildman–Crippen MR) is 67.8 cm³/mol. The fourth-order valence-electron chi connectivity index (χ4n) is 3.11. The molecule has 3 nitrogen and oxygen atoms in total. The van der Waals surface area contributed by atoms with E-state index in [0.29, 0.717) is 0 Å². The van der Waals surface area contributed by atoms with Crippen molar-refractivity contribution < 1.29 is 14.6 Å². The number of fused-ring (bicyclic) bond motifs is 3. The highest BCUT2D eigenvalue weighted by molar-refractivity contribution is 5.82. The molecule has 0 saturated carbocycles. The summed E-state index contributed by atoms with van der Waals surface area (Å²) in [4.78, 5) is 11.7. The molecule has 0 spiro atoms. The fraction of sp³-hybridized carbons (Fsp3) is 0.400. The van der Waals surface area contributed by atoms with Crippen LogP contribution in [0.15, 0.2) is 24.3 Å². The molecule has 1 N–H and O–H groups in total. The van der Waals surface area contributed by atoms with E-state index in [4.69, 9.17) is 4.74 Å². The van der Waals surface area contributed by atoms with Gasteiger partial charge in [0.2, 0.25) is 5.79 Å². The molecule has 3 rings (SSSR count). The maximum absolute atomic E-state index is 11.7. The second-order valence-corrected chi connectivity index (χ2v) is 5.36. The maximum Gasteiger partial charge on any atom is 0.312 e. The Labute approximate surface area is 106 Å². The Kier molecular flexibility index (Phi) is 2.20. The summed E-state index contributed by atoms with van der Waals surface area (Å²) in [5.41, 5.74) is 4.18. The molecule has 1 aliphatic heterocycles. The monoisotopic (exact) mass is 244 g/mol. The second-order valence-electron chi connectivity index (χ2n) is 5.36. The average molecular weight is 244 g/mol. The van der Waals surface area contributed by atoms with Crippen molar-refractivity contribution in [3.8, 4) is 0 Å². The number of benzene rings is 1. The van der Waals surface area contributed by atoms with E-state index in [0.717, 1.165) is 22.3 Å². The Morgan fingerprint density at radius 1 is 1.33 bits per heavy atom. The molecule has 3 heteroatoms. The van der Waals surface area contributed by atoms with Crippen LogP contribution in [-0.4, -0.2) is 16.9 Å². The van der Waals surface area contributed by atoms with Gasteiger partial charge in [-0.1, -0.05) is 30.7 Å². The highest BCUT2D eigenvalue weighted by Gasteiger charge is 2.54. The summed E-state index contributed by atoms with van der Waals surface area (Å²) in [6, 6.07) is 6.13. The molecule has 1 fully saturated rings. The second kappa shape index (κ2) is 3.45. The number of hydrogen-bond donors (Lipinski definition) is 1. The fourth-order valence-corrected chi connectivity index (χ4v) is 3.11. The van der Waals surface area contributed by atoms with Crippen LogP contribution in [0.4, 0.5) is 0 Å². The standard InChI is InChI=1S/C15H16O3/c1-8-4-5-11-9(2)7-15(17)13(12(11)6-8)10(3)14(16)18-15/h4-7,10,13,17H,1-3H3/t10-,13+,15+/m0/s1. The molecule has 0 bridgehead atoms. The first kappa shape index (κ1) is 11.5. The van der Waals surface area contributed by atoms with Crippen LogP contribution in [0.1, 0.15) is 36.5 Å². The molecule has 1 aliphatic carbocycles. The Bertz CT molecular complexity index is 573. The van der Waals surface area contributed by atoms with Gasteiger partial charge in [0.05, 0.1) is 11.8 Å². The van der Waals surface area contributed by atoms with E-state index in [2.05, 4.69) is 0 Å². The third-order valence-electron chi connectivity index (χ3n) is 3.97. The van der Waals surface area contributed by atoms with Crippen LogP contribution < -0.4 is 0 Å². The molecule has 0 radical (unpaired) electrons. The molecule has 0 aromatic heterocycles. The van der Waals surface area contributed by atoms with Gasteiger partial charge in [-0.3, -0.25) is 4.79 Å². The van der Waals surface area contributed by atoms with Crippen molar-refractivity contribution in [2.45, 2.75) is 32.5 Å². The predicted octanol–water partition coefficient (Wildman–Crippen LogP) is 2.38. The highest BCUT2D eigenvalue weighted by atomic mass is 16.7. The van der Waals surface area contributed by atoms with Crippen LogP contribution in [-0.2, 0) is 9.53 Å². The number of ether oxygens (including phenoxy) is 1. The third kappa shape index (κ3) is 1.37. The molecule has 94 valence electrons. The van der Waals surface area contributed by atoms with Gasteiger partial charge in [-0.2, -0.15) is 0 Å². The van der Waals surface area contributed by atoms with E-state index in [1.54, 1.807) is 6.08 Å². The number of aryl methyl sites for hydroxylation is 1. The molecule has 0 amide bonds. The molecule has 1 aromatic rings. The molecule has 1 aromatic carbocycles. The van der Waals surface area contributed by atoms with E-state index < -0.39 is 5.79 Å². The lowest BCUT2D eigenvalue weighted by atomic mass is 9.75. The van der Waals surface area contributed by atoms with Crippen molar-refractivity contribution in [2.75, 3.05) is 0 Å². The van der Waals surface area contributed by atoms with E-state index in [9.17, 15) is 9.90 Å². The topological polar surface area (TPSA) is 46.5 Å². The molecular formula is C15H16O3. The molecular weight excluding hydrogens is 228 g/mol. The molecule has 2 aliphatic rings. The zero-order valence-electron chi connectivity index (χ0n) is 10.7. The Balaban J connectivity index is 2.26. The normalized spacial score (nSPS) is 33.6. The van der Waals surface area contributed by atoms with Gasteiger partial charge in [0.25, 0.3) is 0 Å². The van der Waals surface area contributed by atoms with Crippen LogP contribution in [0.25, 0.3) is 5.57 Å². The summed E-state index contributed by atoms with van der Waals surface area (Å²) in [6.45, 7) is 5.75. The van der Waals surface area contributed by atoms with E-state index in [-0.39, 0.29) is 17.8 Å². The van der Waals surface area contributed by atoms with E-state index in [1.807, 2.05) is 39.0 Å². The van der Waals surface area contributed by atoms with Crippen molar-refractivity contribution in [3.05, 3.63) is 41.0 Å². The van der Waals surface area contributed by atoms with Gasteiger partial charge in [0.15, 0.2) is 0 Å². The van der Waals surface area contributed by atoms with Crippen molar-refractivity contribution in [1.82, 2.24) is 0 Å². The largest absolute Gasteiger partial charge is 0.428 e. The van der Waals surface area contributed by atoms with E-state index >= 15 is 0 Å². The SMILES string of the molecule is CC1=C[C@@]2(O)OC(=O)[C@@H](C)[C@@H]2c2cc(C)ccc21. The lowest BCUT2D eigenvalue weighted by molar-refractivity contribution is -0.174. The van der Waals surface area contributed by atoms with Crippen molar-refractivity contribution in [3.63, 3.8) is 0 Å². The number of esters is 1. The zero-order chi connectivity index (χ0) is 13.1. The number of aliphatic hydroxyl groups is 1. The molecule has 18 heavy (non-hydrogen) atoms. The number of allylic oxidation sites excluding steroid dienone is 1. The third-order valence-corrected chi connectivity index (χ3v) is 3.97. The van der Waals surface area contributed by atoms with Gasteiger partial charge >= 0.3 is 5.97 Å². The summed E-state index contributed by atoms with van der Waals surface area (Å²) >= 11 is 0. The van der Waals surface area contributed by atoms with Gasteiger partial charge in [0.1, 0.15) is 0 Å². The van der Waals surface area contributed by atoms with Gasteiger partial charge < -0.3 is 9.84 Å². The lowest BCUT2D eigenvalue weighted by Crippen LogP contribution is -2.35. The first-order valence-electron chi connectivity index (χ1n) is 6.18. The lowest BCUT2D eigenvalue weighted by Gasteiger charge is -2.32. The Morgan fingerprint density at radius 3 is 2.78 bits per heavy atom. The smallest absolute Gasteiger partial charge is 0.312 e. The Hall–Kier alpha value is -1.61. The van der Waals surface area contributed by atoms with Crippen molar-refractivity contribution in [2.24, 2.45) is 5.92 Å². The summed E-state index contributed by atoms with van der Waals surface area (Å²) in [5.74, 6) is -2.43. The first-order valence-corrected chi connectivity index (χ1v) is 6.18. The zero-order valence-corrected chi connectivity index (χ0v) is 10.7. The highest BCUT2D eigenvalue weighted by Crippen LogP contribution is 2.50. The average Bonchev–Trinajstić information content (AvgIpc) is 2.49. The van der Waals surface area contributed by atoms with Crippen LogP contribution in [0.2, 0.25) is 0 Å². The summed E-state index contributed by atoms with van der Waals surface area (Å²) in [5, 5.41) is 10.5. The van der Waals surface area contributed by atoms with Crippen LogP contribution in [0.3, 0.4) is 0 Å². The number of rotatable bonds is 0. The number of hydrogen-bond acceptors (Lipinski definition) is 3. The Morgan fingerprint density at radius 2 is 2.06 bits per heavy atom.